The summed E-state index contributed by atoms with van der Waals surface area (Å²) in [6, 6.07) is 0. The quantitative estimate of drug-likeness (QED) is 0.126. The zero-order valence-corrected chi connectivity index (χ0v) is 21.4. The van der Waals surface area contributed by atoms with Gasteiger partial charge in [-0.1, -0.05) is 0 Å². The van der Waals surface area contributed by atoms with Crippen molar-refractivity contribution in [2.75, 3.05) is 0 Å². The Morgan fingerprint density at radius 1 is 0.480 bits per heavy atom. The minimum atomic E-state index is -1.02. The Balaban J connectivity index is 3.80. The molecular formula is C24H51Sn+. The molecule has 0 heterocycles. The summed E-state index contributed by atoms with van der Waals surface area (Å²) in [5.74, 6) is 0.907. The van der Waals surface area contributed by atoms with Gasteiger partial charge in [0.15, 0.2) is 0 Å². The van der Waals surface area contributed by atoms with Crippen LogP contribution in [0.15, 0.2) is 0 Å². The Kier molecular flexibility index (Phi) is 21.8. The van der Waals surface area contributed by atoms with Crippen molar-refractivity contribution in [1.29, 1.82) is 0 Å². The van der Waals surface area contributed by atoms with E-state index in [4.69, 9.17) is 0 Å². The number of rotatable bonds is 20. The van der Waals surface area contributed by atoms with E-state index in [-0.39, 0.29) is 0 Å². The molecule has 0 radical (unpaired) electrons. The van der Waals surface area contributed by atoms with Crippen LogP contribution in [0.5, 0.6) is 0 Å². The van der Waals surface area contributed by atoms with Gasteiger partial charge in [0.2, 0.25) is 0 Å². The van der Waals surface area contributed by atoms with Crippen LogP contribution in [0.4, 0.5) is 0 Å². The van der Waals surface area contributed by atoms with Gasteiger partial charge in [-0.2, -0.15) is 0 Å². The predicted octanol–water partition coefficient (Wildman–Crippen LogP) is 9.42. The molecule has 0 fully saturated rings. The summed E-state index contributed by atoms with van der Waals surface area (Å²) in [4.78, 5) is 0. The predicted molar refractivity (Wildman–Crippen MR) is 120 cm³/mol. The van der Waals surface area contributed by atoms with Crippen LogP contribution in [0.2, 0.25) is 13.3 Å². The van der Waals surface area contributed by atoms with Crippen LogP contribution in [0.25, 0.3) is 0 Å². The molecule has 0 unspecified atom stereocenters. The molecule has 0 atom stereocenters. The van der Waals surface area contributed by atoms with Crippen LogP contribution in [-0.4, -0.2) is 19.8 Å². The summed E-state index contributed by atoms with van der Waals surface area (Å²) < 4.78 is 5.14. The van der Waals surface area contributed by atoms with Gasteiger partial charge in [0.05, 0.1) is 0 Å². The minimum absolute atomic E-state index is 0.907. The molecule has 0 amide bonds. The maximum absolute atomic E-state index is 2.37. The normalized spacial score (nSPS) is 11.4. The molecule has 0 saturated carbocycles. The first-order chi connectivity index (χ1) is 12.2. The van der Waals surface area contributed by atoms with Crippen molar-refractivity contribution < 1.29 is 0 Å². The average molecular weight is 458 g/mol. The zero-order chi connectivity index (χ0) is 18.6. The summed E-state index contributed by atoms with van der Waals surface area (Å²) in [7, 11) is 0. The molecule has 25 heavy (non-hydrogen) atoms. The Hall–Kier alpha value is 0.799. The zero-order valence-electron chi connectivity index (χ0n) is 18.5. The molecule has 0 N–H and O–H groups in total. The average Bonchev–Trinajstić information content (AvgIpc) is 2.59. The van der Waals surface area contributed by atoms with Gasteiger partial charge in [0.1, 0.15) is 0 Å². The molecule has 0 aromatic carbocycles. The van der Waals surface area contributed by atoms with E-state index < -0.39 is 19.8 Å². The summed E-state index contributed by atoms with van der Waals surface area (Å²) >= 11 is -1.02. The number of unbranched alkanes of at least 4 members (excludes halogenated alkanes) is 12. The van der Waals surface area contributed by atoms with E-state index >= 15 is 0 Å². The Bertz CT molecular complexity index is 220. The second-order valence-corrected chi connectivity index (χ2v) is 17.3. The third-order valence-electron chi connectivity index (χ3n) is 5.58. The van der Waals surface area contributed by atoms with Crippen molar-refractivity contribution in [2.45, 2.75) is 144 Å². The first-order valence-electron chi connectivity index (χ1n) is 12.0. The van der Waals surface area contributed by atoms with Crippen LogP contribution in [0.3, 0.4) is 0 Å². The van der Waals surface area contributed by atoms with Gasteiger partial charge in [-0.25, -0.2) is 0 Å². The van der Waals surface area contributed by atoms with Crippen molar-refractivity contribution in [1.82, 2.24) is 0 Å². The molecular weight excluding hydrogens is 407 g/mol. The first-order valence-corrected chi connectivity index (χ1v) is 18.1. The van der Waals surface area contributed by atoms with Crippen molar-refractivity contribution in [3.8, 4) is 0 Å². The molecule has 0 aromatic rings. The first kappa shape index (κ1) is 25.8. The van der Waals surface area contributed by atoms with E-state index in [1.54, 1.807) is 32.6 Å². The van der Waals surface area contributed by atoms with Gasteiger partial charge in [0, 0.05) is 0 Å². The standard InChI is InChI=1S/3C8H17.Sn/c1-4-5-6-7-8(2)3;2*1-3-5-7-8-6-4-2;/h8H,1,4-7H2,2-3H3;2*1,3-8H2,2H3;/q;;;+1. The Labute approximate surface area is 169 Å². The monoisotopic (exact) mass is 459 g/mol. The van der Waals surface area contributed by atoms with E-state index in [0.29, 0.717) is 0 Å². The molecule has 0 spiro atoms. The van der Waals surface area contributed by atoms with Crippen LogP contribution in [0, 0.1) is 5.92 Å². The molecule has 0 aromatic heterocycles. The van der Waals surface area contributed by atoms with Gasteiger partial charge in [-0.05, 0) is 0 Å². The molecule has 150 valence electrons. The third kappa shape index (κ3) is 21.0. The van der Waals surface area contributed by atoms with E-state index in [1.807, 2.05) is 0 Å². The number of hydrogen-bond donors (Lipinski definition) is 0. The molecule has 1 heteroatoms. The maximum atomic E-state index is 2.37. The fourth-order valence-electron chi connectivity index (χ4n) is 3.79. The number of hydrogen-bond acceptors (Lipinski definition) is 0. The molecule has 0 aliphatic rings. The van der Waals surface area contributed by atoms with Gasteiger partial charge in [-0.3, -0.25) is 0 Å². The SMILES string of the molecule is CCCCCCC[CH2][Sn+]([CH2]CCCCCCC)[CH2]CCCCC(C)C. The van der Waals surface area contributed by atoms with Gasteiger partial charge in [0.25, 0.3) is 0 Å². The van der Waals surface area contributed by atoms with Gasteiger partial charge in [-0.15, -0.1) is 0 Å². The van der Waals surface area contributed by atoms with Crippen molar-refractivity contribution in [3.63, 3.8) is 0 Å². The summed E-state index contributed by atoms with van der Waals surface area (Å²) in [5.41, 5.74) is 0. The van der Waals surface area contributed by atoms with E-state index in [1.165, 1.54) is 83.5 Å². The van der Waals surface area contributed by atoms with Crippen LogP contribution >= 0.6 is 0 Å². The molecule has 0 bridgehead atoms. The van der Waals surface area contributed by atoms with Crippen molar-refractivity contribution in [3.05, 3.63) is 0 Å². The van der Waals surface area contributed by atoms with Gasteiger partial charge < -0.3 is 0 Å². The molecule has 0 aliphatic heterocycles. The van der Waals surface area contributed by atoms with Crippen LogP contribution < -0.4 is 0 Å². The van der Waals surface area contributed by atoms with E-state index in [9.17, 15) is 0 Å². The van der Waals surface area contributed by atoms with Crippen molar-refractivity contribution >= 4 is 19.8 Å². The van der Waals surface area contributed by atoms with Crippen LogP contribution in [-0.2, 0) is 0 Å². The van der Waals surface area contributed by atoms with Gasteiger partial charge >= 0.3 is 169 Å². The molecule has 0 aliphatic carbocycles. The molecule has 0 rings (SSSR count). The fraction of sp³-hybridized carbons (Fsp3) is 1.00. The third-order valence-corrected chi connectivity index (χ3v) is 14.7. The summed E-state index contributed by atoms with van der Waals surface area (Å²) in [6.45, 7) is 9.40. The summed E-state index contributed by atoms with van der Waals surface area (Å²) in [5, 5.41) is 0. The Morgan fingerprint density at radius 3 is 1.24 bits per heavy atom. The van der Waals surface area contributed by atoms with Crippen LogP contribution in [0.1, 0.15) is 130 Å². The van der Waals surface area contributed by atoms with E-state index in [2.05, 4.69) is 27.7 Å². The van der Waals surface area contributed by atoms with E-state index in [0.717, 1.165) is 5.92 Å². The van der Waals surface area contributed by atoms with Crippen molar-refractivity contribution in [2.24, 2.45) is 5.92 Å². The second kappa shape index (κ2) is 21.1. The summed E-state index contributed by atoms with van der Waals surface area (Å²) in [6.07, 6.45) is 24.0. The molecule has 0 saturated heterocycles. The second-order valence-electron chi connectivity index (χ2n) is 8.78. The fourth-order valence-corrected chi connectivity index (χ4v) is 12.4. The Morgan fingerprint density at radius 2 is 0.840 bits per heavy atom. The molecule has 0 nitrogen and oxygen atoms in total. The topological polar surface area (TPSA) is 0 Å².